The fourth-order valence-corrected chi connectivity index (χ4v) is 2.63. The van der Waals surface area contributed by atoms with Crippen LogP contribution in [0.5, 0.6) is 0 Å². The third kappa shape index (κ3) is 1.69. The molecule has 68 valence electrons. The van der Waals surface area contributed by atoms with Gasteiger partial charge in [0.15, 0.2) is 5.78 Å². The van der Waals surface area contributed by atoms with Crippen LogP contribution in [0.4, 0.5) is 0 Å². The summed E-state index contributed by atoms with van der Waals surface area (Å²) in [5.74, 6) is 0.489. The Labute approximate surface area is 73.9 Å². The van der Waals surface area contributed by atoms with Crippen molar-refractivity contribution in [3.05, 3.63) is 0 Å². The van der Waals surface area contributed by atoms with Gasteiger partial charge >= 0.3 is 0 Å². The zero-order valence-corrected chi connectivity index (χ0v) is 7.64. The number of piperidine rings is 1. The van der Waals surface area contributed by atoms with Crippen molar-refractivity contribution in [2.24, 2.45) is 0 Å². The maximum atomic E-state index is 11.2. The Kier molecular flexibility index (Phi) is 2.45. The maximum absolute atomic E-state index is 11.2. The SMILES string of the molecule is O=C1CCC[NH+](C2CCCC2)C1. The summed E-state index contributed by atoms with van der Waals surface area (Å²) in [6, 6.07) is 0.828. The average Bonchev–Trinajstić information content (AvgIpc) is 2.56. The lowest BCUT2D eigenvalue weighted by Gasteiger charge is -2.28. The van der Waals surface area contributed by atoms with E-state index in [4.69, 9.17) is 0 Å². The number of nitrogens with one attached hydrogen (secondary N) is 1. The summed E-state index contributed by atoms with van der Waals surface area (Å²) < 4.78 is 0. The van der Waals surface area contributed by atoms with Crippen LogP contribution < -0.4 is 4.90 Å². The summed E-state index contributed by atoms with van der Waals surface area (Å²) in [5.41, 5.74) is 0. The molecule has 0 radical (unpaired) electrons. The molecule has 0 aromatic carbocycles. The number of rotatable bonds is 1. The molecule has 0 amide bonds. The Morgan fingerprint density at radius 1 is 1.17 bits per heavy atom. The van der Waals surface area contributed by atoms with Crippen LogP contribution >= 0.6 is 0 Å². The first-order chi connectivity index (χ1) is 5.86. The molecule has 2 nitrogen and oxygen atoms in total. The van der Waals surface area contributed by atoms with Crippen LogP contribution in [0.15, 0.2) is 0 Å². The lowest BCUT2D eigenvalue weighted by molar-refractivity contribution is -0.919. The molecule has 1 aliphatic heterocycles. The summed E-state index contributed by atoms with van der Waals surface area (Å²) in [6.07, 6.45) is 7.48. The molecule has 2 aliphatic rings. The summed E-state index contributed by atoms with van der Waals surface area (Å²) >= 11 is 0. The van der Waals surface area contributed by atoms with Gasteiger partial charge in [-0.2, -0.15) is 0 Å². The Balaban J connectivity index is 1.89. The topological polar surface area (TPSA) is 21.5 Å². The Hall–Kier alpha value is -0.370. The van der Waals surface area contributed by atoms with Crippen molar-refractivity contribution in [1.82, 2.24) is 0 Å². The predicted octanol–water partition coefficient (Wildman–Crippen LogP) is 0.177. The molecule has 12 heavy (non-hydrogen) atoms. The summed E-state index contributed by atoms with van der Waals surface area (Å²) in [5, 5.41) is 0. The fraction of sp³-hybridized carbons (Fsp3) is 0.900. The Morgan fingerprint density at radius 2 is 1.92 bits per heavy atom. The van der Waals surface area contributed by atoms with Crippen LogP contribution in [-0.4, -0.2) is 24.9 Å². The first kappa shape index (κ1) is 8.24. The third-order valence-corrected chi connectivity index (χ3v) is 3.31. The highest BCUT2D eigenvalue weighted by Crippen LogP contribution is 2.15. The molecule has 2 rings (SSSR count). The van der Waals surface area contributed by atoms with Crippen LogP contribution in [-0.2, 0) is 4.79 Å². The third-order valence-electron chi connectivity index (χ3n) is 3.31. The highest BCUT2D eigenvalue weighted by atomic mass is 16.1. The molecule has 1 unspecified atom stereocenters. The van der Waals surface area contributed by atoms with Gasteiger partial charge < -0.3 is 4.90 Å². The largest absolute Gasteiger partial charge is 0.326 e. The predicted molar refractivity (Wildman–Crippen MR) is 47.2 cm³/mol. The van der Waals surface area contributed by atoms with Crippen molar-refractivity contribution in [2.45, 2.75) is 44.6 Å². The van der Waals surface area contributed by atoms with Gasteiger partial charge in [0.25, 0.3) is 0 Å². The van der Waals surface area contributed by atoms with Crippen LogP contribution in [0.1, 0.15) is 38.5 Å². The highest BCUT2D eigenvalue weighted by molar-refractivity contribution is 5.79. The molecule has 0 aromatic heterocycles. The lowest BCUT2D eigenvalue weighted by Crippen LogP contribution is -3.17. The van der Waals surface area contributed by atoms with E-state index in [0.717, 1.165) is 25.4 Å². The first-order valence-corrected chi connectivity index (χ1v) is 5.22. The number of Topliss-reactive ketones (excluding diaryl/α,β-unsaturated/α-hetero) is 1. The summed E-state index contributed by atoms with van der Waals surface area (Å²) in [7, 11) is 0. The highest BCUT2D eigenvalue weighted by Gasteiger charge is 2.29. The van der Waals surface area contributed by atoms with E-state index in [2.05, 4.69) is 0 Å². The van der Waals surface area contributed by atoms with E-state index >= 15 is 0 Å². The molecule has 2 fully saturated rings. The van der Waals surface area contributed by atoms with Gasteiger partial charge in [-0.25, -0.2) is 0 Å². The smallest absolute Gasteiger partial charge is 0.187 e. The molecule has 2 heteroatoms. The van der Waals surface area contributed by atoms with Crippen LogP contribution in [0.2, 0.25) is 0 Å². The Morgan fingerprint density at radius 3 is 2.58 bits per heavy atom. The van der Waals surface area contributed by atoms with E-state index in [9.17, 15) is 4.79 Å². The number of carbonyl (C=O) groups is 1. The number of hydrogen-bond donors (Lipinski definition) is 1. The van der Waals surface area contributed by atoms with E-state index in [1.54, 1.807) is 4.90 Å². The van der Waals surface area contributed by atoms with Gasteiger partial charge in [-0.05, 0) is 25.7 Å². The van der Waals surface area contributed by atoms with Crippen molar-refractivity contribution in [3.8, 4) is 0 Å². The van der Waals surface area contributed by atoms with Gasteiger partial charge in [0, 0.05) is 12.8 Å². The van der Waals surface area contributed by atoms with Gasteiger partial charge in [-0.3, -0.25) is 4.79 Å². The molecule has 0 aromatic rings. The molecule has 1 aliphatic carbocycles. The van der Waals surface area contributed by atoms with Crippen molar-refractivity contribution < 1.29 is 9.69 Å². The molecule has 0 bridgehead atoms. The molecular weight excluding hydrogens is 150 g/mol. The van der Waals surface area contributed by atoms with Gasteiger partial charge in [-0.1, -0.05) is 0 Å². The number of hydrogen-bond acceptors (Lipinski definition) is 1. The van der Waals surface area contributed by atoms with Crippen LogP contribution in [0.3, 0.4) is 0 Å². The van der Waals surface area contributed by atoms with Crippen molar-refractivity contribution in [3.63, 3.8) is 0 Å². The van der Waals surface area contributed by atoms with E-state index < -0.39 is 0 Å². The van der Waals surface area contributed by atoms with E-state index in [1.807, 2.05) is 0 Å². The molecule has 0 spiro atoms. The zero-order chi connectivity index (χ0) is 8.39. The van der Waals surface area contributed by atoms with Crippen molar-refractivity contribution in [1.29, 1.82) is 0 Å². The summed E-state index contributed by atoms with van der Waals surface area (Å²) in [6.45, 7) is 2.07. The van der Waals surface area contributed by atoms with Gasteiger partial charge in [0.1, 0.15) is 6.54 Å². The second-order valence-electron chi connectivity index (χ2n) is 4.21. The standard InChI is InChI=1S/C10H17NO/c12-10-6-3-7-11(8-10)9-4-1-2-5-9/h9H,1-8H2/p+1. The normalized spacial score (nSPS) is 32.7. The second kappa shape index (κ2) is 3.56. The average molecular weight is 168 g/mol. The quantitative estimate of drug-likeness (QED) is 0.592. The minimum Gasteiger partial charge on any atom is -0.326 e. The van der Waals surface area contributed by atoms with Crippen molar-refractivity contribution >= 4 is 5.78 Å². The zero-order valence-electron chi connectivity index (χ0n) is 7.64. The van der Waals surface area contributed by atoms with Gasteiger partial charge in [-0.15, -0.1) is 0 Å². The molecule has 1 atom stereocenters. The lowest BCUT2D eigenvalue weighted by atomic mass is 10.1. The van der Waals surface area contributed by atoms with E-state index in [1.165, 1.54) is 32.2 Å². The maximum Gasteiger partial charge on any atom is 0.187 e. The number of carbonyl (C=O) groups excluding carboxylic acids is 1. The number of quaternary nitrogens is 1. The molecule has 1 heterocycles. The molecule has 1 N–H and O–H groups in total. The monoisotopic (exact) mass is 168 g/mol. The second-order valence-corrected chi connectivity index (χ2v) is 4.21. The molecular formula is C10H18NO+. The number of ketones is 1. The minimum atomic E-state index is 0.489. The van der Waals surface area contributed by atoms with Crippen molar-refractivity contribution in [2.75, 3.05) is 13.1 Å². The number of likely N-dealkylation sites (tertiary alicyclic amines) is 1. The first-order valence-electron chi connectivity index (χ1n) is 5.22. The van der Waals surface area contributed by atoms with E-state index in [0.29, 0.717) is 5.78 Å². The fourth-order valence-electron chi connectivity index (χ4n) is 2.63. The van der Waals surface area contributed by atoms with E-state index in [-0.39, 0.29) is 0 Å². The van der Waals surface area contributed by atoms with Gasteiger partial charge in [0.05, 0.1) is 12.6 Å². The van der Waals surface area contributed by atoms with Gasteiger partial charge in [0.2, 0.25) is 0 Å². The molecule has 1 saturated heterocycles. The molecule has 1 saturated carbocycles. The van der Waals surface area contributed by atoms with Crippen LogP contribution in [0.25, 0.3) is 0 Å². The minimum absolute atomic E-state index is 0.489. The Bertz CT molecular complexity index is 173. The summed E-state index contributed by atoms with van der Waals surface area (Å²) in [4.78, 5) is 12.8. The van der Waals surface area contributed by atoms with Crippen LogP contribution in [0, 0.1) is 0 Å².